The standard InChI is InChI=1S/C23H25N4O4/c1-15-9-10-17(13-16(15)2)21-24-20(31-25-21)14-27-19-8-5-4-7-18(19)22(28)26(23(27)29)11-6-12-30-3/h4-5,7-10,13,18H,6,11-12,14H2,1-3H3/q+1. The fourth-order valence-corrected chi connectivity index (χ4v) is 3.70. The molecule has 31 heavy (non-hydrogen) atoms. The number of fused-ring (bicyclic) bond motifs is 1. The molecule has 8 nitrogen and oxygen atoms in total. The summed E-state index contributed by atoms with van der Waals surface area (Å²) in [6.07, 6.45) is 7.79. The molecule has 8 heteroatoms. The maximum Gasteiger partial charge on any atom is 0.501 e. The third-order valence-corrected chi connectivity index (χ3v) is 5.56. The van der Waals surface area contributed by atoms with Gasteiger partial charge in [0.25, 0.3) is 5.89 Å². The highest BCUT2D eigenvalue weighted by Gasteiger charge is 2.46. The molecule has 1 aliphatic heterocycles. The van der Waals surface area contributed by atoms with Crippen molar-refractivity contribution in [2.75, 3.05) is 20.3 Å². The number of nitrogens with zero attached hydrogens (tertiary/aromatic N) is 4. The highest BCUT2D eigenvalue weighted by Crippen LogP contribution is 2.23. The number of amides is 3. The number of carbonyl (C=O) groups excluding carboxylic acids is 2. The lowest BCUT2D eigenvalue weighted by Crippen LogP contribution is -2.54. The number of rotatable bonds is 7. The van der Waals surface area contributed by atoms with Crippen molar-refractivity contribution in [1.82, 2.24) is 15.0 Å². The van der Waals surface area contributed by atoms with Crippen LogP contribution in [0.3, 0.4) is 0 Å². The summed E-state index contributed by atoms with van der Waals surface area (Å²) in [6, 6.07) is 5.57. The summed E-state index contributed by atoms with van der Waals surface area (Å²) in [6.45, 7) is 4.93. The van der Waals surface area contributed by atoms with Crippen LogP contribution in [-0.4, -0.2) is 57.5 Å². The van der Waals surface area contributed by atoms with Crippen molar-refractivity contribution in [1.29, 1.82) is 0 Å². The van der Waals surface area contributed by atoms with Crippen LogP contribution in [0.25, 0.3) is 11.4 Å². The Labute approximate surface area is 180 Å². The first-order chi connectivity index (χ1) is 15.0. The molecule has 3 amide bonds. The summed E-state index contributed by atoms with van der Waals surface area (Å²) < 4.78 is 12.1. The predicted molar refractivity (Wildman–Crippen MR) is 114 cm³/mol. The Balaban J connectivity index is 1.63. The van der Waals surface area contributed by atoms with E-state index in [1.807, 2.05) is 44.2 Å². The number of allylic oxidation sites excluding steroid dienone is 3. The normalized spacial score (nSPS) is 18.2. The molecule has 4 rings (SSSR count). The number of benzene rings is 1. The molecule has 1 aromatic carbocycles. The van der Waals surface area contributed by atoms with Gasteiger partial charge in [-0.3, -0.25) is 0 Å². The Kier molecular flexibility index (Phi) is 5.90. The van der Waals surface area contributed by atoms with Crippen molar-refractivity contribution in [3.05, 3.63) is 59.5 Å². The molecule has 0 saturated carbocycles. The Morgan fingerprint density at radius 2 is 2.03 bits per heavy atom. The number of hydrogen-bond donors (Lipinski definition) is 0. The quantitative estimate of drug-likeness (QED) is 0.504. The van der Waals surface area contributed by atoms with Crippen LogP contribution in [0.2, 0.25) is 0 Å². The third kappa shape index (κ3) is 4.11. The number of methoxy groups -OCH3 is 1. The molecule has 1 atom stereocenters. The largest absolute Gasteiger partial charge is 0.501 e. The first-order valence-corrected chi connectivity index (χ1v) is 10.2. The van der Waals surface area contributed by atoms with E-state index in [0.717, 1.165) is 11.1 Å². The molecular weight excluding hydrogens is 396 g/mol. The molecule has 0 spiro atoms. The summed E-state index contributed by atoms with van der Waals surface area (Å²) in [5.74, 6) is 0.0416. The number of urea groups is 1. The van der Waals surface area contributed by atoms with Gasteiger partial charge in [0, 0.05) is 25.7 Å². The zero-order chi connectivity index (χ0) is 22.0. The van der Waals surface area contributed by atoms with E-state index < -0.39 is 11.9 Å². The highest BCUT2D eigenvalue weighted by atomic mass is 16.5. The van der Waals surface area contributed by atoms with E-state index in [-0.39, 0.29) is 12.5 Å². The van der Waals surface area contributed by atoms with Crippen LogP contribution in [0.4, 0.5) is 4.79 Å². The van der Waals surface area contributed by atoms with E-state index in [4.69, 9.17) is 9.26 Å². The Morgan fingerprint density at radius 1 is 1.19 bits per heavy atom. The maximum atomic E-state index is 13.2. The Bertz CT molecular complexity index is 1110. The topological polar surface area (TPSA) is 88.5 Å². The molecule has 0 radical (unpaired) electrons. The first kappa shape index (κ1) is 20.9. The van der Waals surface area contributed by atoms with Crippen LogP contribution in [0.1, 0.15) is 23.4 Å². The summed E-state index contributed by atoms with van der Waals surface area (Å²) in [7, 11) is 1.59. The van der Waals surface area contributed by atoms with E-state index in [1.165, 1.54) is 15.0 Å². The van der Waals surface area contributed by atoms with Crippen molar-refractivity contribution in [3.63, 3.8) is 0 Å². The van der Waals surface area contributed by atoms with Gasteiger partial charge in [-0.25, -0.2) is 4.79 Å². The van der Waals surface area contributed by atoms with Gasteiger partial charge in [-0.15, -0.1) is 0 Å². The Hall–Kier alpha value is -3.39. The summed E-state index contributed by atoms with van der Waals surface area (Å²) in [5, 5.41) is 4.08. The van der Waals surface area contributed by atoms with E-state index in [0.29, 0.717) is 37.0 Å². The lowest BCUT2D eigenvalue weighted by atomic mass is 9.94. The van der Waals surface area contributed by atoms with Gasteiger partial charge in [-0.2, -0.15) is 19.3 Å². The molecule has 1 aliphatic carbocycles. The van der Waals surface area contributed by atoms with Crippen LogP contribution in [0.15, 0.2) is 47.0 Å². The highest BCUT2D eigenvalue weighted by molar-refractivity contribution is 6.16. The van der Waals surface area contributed by atoms with Gasteiger partial charge in [0.05, 0.1) is 6.54 Å². The van der Waals surface area contributed by atoms with Crippen LogP contribution >= 0.6 is 0 Å². The minimum Gasteiger partial charge on any atom is -0.385 e. The Morgan fingerprint density at radius 3 is 2.81 bits per heavy atom. The number of ether oxygens (including phenoxy) is 1. The second-order valence-corrected chi connectivity index (χ2v) is 7.66. The van der Waals surface area contributed by atoms with Gasteiger partial charge < -0.3 is 9.26 Å². The lowest BCUT2D eigenvalue weighted by Gasteiger charge is -2.26. The van der Waals surface area contributed by atoms with Crippen LogP contribution in [-0.2, 0) is 16.1 Å². The number of imide groups is 1. The monoisotopic (exact) mass is 421 g/mol. The van der Waals surface area contributed by atoms with Crippen molar-refractivity contribution in [2.24, 2.45) is 5.92 Å². The van der Waals surface area contributed by atoms with Crippen molar-refractivity contribution >= 4 is 17.6 Å². The van der Waals surface area contributed by atoms with Gasteiger partial charge in [0.15, 0.2) is 6.54 Å². The molecule has 160 valence electrons. The average Bonchev–Trinajstić information content (AvgIpc) is 3.24. The van der Waals surface area contributed by atoms with E-state index in [1.54, 1.807) is 19.3 Å². The van der Waals surface area contributed by atoms with Gasteiger partial charge in [-0.05, 0) is 37.1 Å². The van der Waals surface area contributed by atoms with Crippen LogP contribution in [0, 0.1) is 19.8 Å². The van der Waals surface area contributed by atoms with Gasteiger partial charge in [0.2, 0.25) is 5.82 Å². The fraction of sp³-hybridized carbons (Fsp3) is 0.348. The minimum absolute atomic E-state index is 0.0920. The summed E-state index contributed by atoms with van der Waals surface area (Å²) in [5.41, 5.74) is 3.79. The second kappa shape index (κ2) is 8.77. The molecule has 0 N–H and O–H groups in total. The number of hydrogen-bond acceptors (Lipinski definition) is 6. The van der Waals surface area contributed by atoms with Crippen molar-refractivity contribution in [2.45, 2.75) is 26.8 Å². The second-order valence-electron chi connectivity index (χ2n) is 7.66. The molecule has 2 aliphatic rings. The molecule has 2 heterocycles. The van der Waals surface area contributed by atoms with Gasteiger partial charge in [0.1, 0.15) is 11.6 Å². The lowest BCUT2D eigenvalue weighted by molar-refractivity contribution is -0.460. The summed E-state index contributed by atoms with van der Waals surface area (Å²) >= 11 is 0. The fourth-order valence-electron chi connectivity index (χ4n) is 3.70. The van der Waals surface area contributed by atoms with Crippen molar-refractivity contribution in [3.8, 4) is 11.4 Å². The molecular formula is C23H25N4O4+. The zero-order valence-electron chi connectivity index (χ0n) is 17.9. The van der Waals surface area contributed by atoms with Gasteiger partial charge >= 0.3 is 11.9 Å². The molecule has 1 aromatic heterocycles. The molecule has 0 bridgehead atoms. The van der Waals surface area contributed by atoms with E-state index >= 15 is 0 Å². The van der Waals surface area contributed by atoms with E-state index in [9.17, 15) is 9.59 Å². The van der Waals surface area contributed by atoms with E-state index in [2.05, 4.69) is 10.1 Å². The smallest absolute Gasteiger partial charge is 0.385 e. The number of aryl methyl sites for hydroxylation is 2. The summed E-state index contributed by atoms with van der Waals surface area (Å²) in [4.78, 5) is 31.8. The maximum absolute atomic E-state index is 13.2. The first-order valence-electron chi connectivity index (χ1n) is 10.2. The van der Waals surface area contributed by atoms with Crippen LogP contribution < -0.4 is 0 Å². The predicted octanol–water partition coefficient (Wildman–Crippen LogP) is 3.05. The molecule has 0 saturated heterocycles. The number of aromatic nitrogens is 2. The third-order valence-electron chi connectivity index (χ3n) is 5.56. The molecule has 2 aromatic rings. The molecule has 0 fully saturated rings. The molecule has 1 unspecified atom stereocenters. The SMILES string of the molecule is COCCCN1C(=O)C2C=CC=CC2=[N+](Cc2nc(-c3ccc(C)c(C)c3)no2)C1=O. The number of carbonyl (C=O) groups is 2. The van der Waals surface area contributed by atoms with Crippen molar-refractivity contribution < 1.29 is 23.4 Å². The average molecular weight is 421 g/mol. The zero-order valence-corrected chi connectivity index (χ0v) is 17.9. The van der Waals surface area contributed by atoms with Gasteiger partial charge in [-0.1, -0.05) is 35.5 Å². The van der Waals surface area contributed by atoms with Crippen LogP contribution in [0.5, 0.6) is 0 Å². The minimum atomic E-state index is -0.507.